The molecule has 0 amide bonds. The number of benzene rings is 2. The van der Waals surface area contributed by atoms with Crippen molar-refractivity contribution in [3.8, 4) is 11.3 Å². The quantitative estimate of drug-likeness (QED) is 0.691. The van der Waals surface area contributed by atoms with Crippen LogP contribution in [0.15, 0.2) is 60.8 Å². The maximum atomic E-state index is 14.9. The summed E-state index contributed by atoms with van der Waals surface area (Å²) < 4.78 is 28.2. The second kappa shape index (κ2) is 6.77. The van der Waals surface area contributed by atoms with E-state index >= 15 is 0 Å². The Labute approximate surface area is 150 Å². The molecule has 26 heavy (non-hydrogen) atoms. The lowest BCUT2D eigenvalue weighted by molar-refractivity contribution is 0.365. The van der Waals surface area contributed by atoms with E-state index in [1.807, 2.05) is 13.1 Å². The van der Waals surface area contributed by atoms with Crippen molar-refractivity contribution in [2.75, 3.05) is 13.6 Å². The Kier molecular flexibility index (Phi) is 4.31. The molecule has 2 heterocycles. The van der Waals surface area contributed by atoms with E-state index in [0.29, 0.717) is 17.8 Å². The van der Waals surface area contributed by atoms with Crippen molar-refractivity contribution in [2.24, 2.45) is 0 Å². The van der Waals surface area contributed by atoms with Gasteiger partial charge in [-0.15, -0.1) is 0 Å². The fraction of sp³-hybridized carbons (Fsp3) is 0.143. The molecule has 0 atom stereocenters. The Hall–Kier alpha value is -2.92. The zero-order chi connectivity index (χ0) is 18.1. The first-order valence-corrected chi connectivity index (χ1v) is 8.37. The summed E-state index contributed by atoms with van der Waals surface area (Å²) in [4.78, 5) is 2.15. The van der Waals surface area contributed by atoms with E-state index in [1.54, 1.807) is 36.5 Å². The molecule has 0 unspecified atom stereocenters. The fourth-order valence-corrected chi connectivity index (χ4v) is 3.26. The molecule has 1 aliphatic rings. The van der Waals surface area contributed by atoms with Gasteiger partial charge in [0.25, 0.3) is 0 Å². The van der Waals surface area contributed by atoms with Gasteiger partial charge in [0.2, 0.25) is 0 Å². The van der Waals surface area contributed by atoms with Gasteiger partial charge >= 0.3 is 0 Å². The van der Waals surface area contributed by atoms with E-state index in [1.165, 1.54) is 12.1 Å². The molecular weight excluding hydrogens is 332 g/mol. The van der Waals surface area contributed by atoms with Crippen LogP contribution in [0.1, 0.15) is 16.7 Å². The third-order valence-corrected chi connectivity index (χ3v) is 4.53. The molecule has 0 saturated carbocycles. The Bertz CT molecular complexity index is 967. The molecule has 3 aromatic rings. The molecule has 0 fully saturated rings. The molecule has 0 radical (unpaired) electrons. The van der Waals surface area contributed by atoms with E-state index in [0.717, 1.165) is 28.8 Å². The van der Waals surface area contributed by atoms with Crippen molar-refractivity contribution in [3.63, 3.8) is 0 Å². The number of likely N-dealkylation sites (N-methyl/N-ethyl adjacent to an activating group) is 1. The molecule has 3 nitrogen and oxygen atoms in total. The number of hydrogen-bond acceptors (Lipinski definition) is 3. The largest absolute Gasteiger partial charge is 0.298 e. The fourth-order valence-electron chi connectivity index (χ4n) is 3.26. The normalized spacial score (nSPS) is 14.5. The first kappa shape index (κ1) is 16.5. The standard InChI is InChI=1S/C21H17F2N3/c1-26-10-8-17(14-4-6-16(22)7-5-14)18-12-20(23)19(11-15(18)13-26)21-3-2-9-24-25-21/h2-9,11-12H,10,13H2,1H3. The van der Waals surface area contributed by atoms with Gasteiger partial charge in [-0.05, 0) is 65.7 Å². The Balaban J connectivity index is 1.87. The van der Waals surface area contributed by atoms with Crippen LogP contribution in [0.5, 0.6) is 0 Å². The minimum absolute atomic E-state index is 0.288. The van der Waals surface area contributed by atoms with Crippen LogP contribution < -0.4 is 0 Å². The van der Waals surface area contributed by atoms with Crippen LogP contribution in [-0.4, -0.2) is 28.7 Å². The first-order chi connectivity index (χ1) is 12.6. The van der Waals surface area contributed by atoms with Crippen LogP contribution in [0.4, 0.5) is 8.78 Å². The highest BCUT2D eigenvalue weighted by atomic mass is 19.1. The van der Waals surface area contributed by atoms with Gasteiger partial charge in [0.1, 0.15) is 11.6 Å². The number of halogens is 2. The molecular formula is C21H17F2N3. The Morgan fingerprint density at radius 2 is 1.81 bits per heavy atom. The first-order valence-electron chi connectivity index (χ1n) is 8.37. The minimum atomic E-state index is -0.346. The maximum absolute atomic E-state index is 14.9. The number of fused-ring (bicyclic) bond motifs is 1. The van der Waals surface area contributed by atoms with Gasteiger partial charge in [-0.2, -0.15) is 10.2 Å². The summed E-state index contributed by atoms with van der Waals surface area (Å²) >= 11 is 0. The second-order valence-corrected chi connectivity index (χ2v) is 6.42. The topological polar surface area (TPSA) is 29.0 Å². The van der Waals surface area contributed by atoms with Gasteiger partial charge in [-0.1, -0.05) is 18.2 Å². The highest BCUT2D eigenvalue weighted by Gasteiger charge is 2.19. The number of nitrogens with zero attached hydrogens (tertiary/aromatic N) is 3. The molecule has 0 saturated heterocycles. The zero-order valence-corrected chi connectivity index (χ0v) is 14.3. The van der Waals surface area contributed by atoms with Gasteiger partial charge in [-0.3, -0.25) is 4.90 Å². The van der Waals surface area contributed by atoms with E-state index < -0.39 is 0 Å². The number of aromatic nitrogens is 2. The molecule has 0 bridgehead atoms. The number of hydrogen-bond donors (Lipinski definition) is 0. The van der Waals surface area contributed by atoms with Gasteiger partial charge in [0, 0.05) is 24.8 Å². The highest BCUT2D eigenvalue weighted by Crippen LogP contribution is 2.33. The van der Waals surface area contributed by atoms with Gasteiger partial charge in [0.15, 0.2) is 0 Å². The van der Waals surface area contributed by atoms with Crippen LogP contribution in [0.3, 0.4) is 0 Å². The van der Waals surface area contributed by atoms with Gasteiger partial charge in [0.05, 0.1) is 5.69 Å². The van der Waals surface area contributed by atoms with Crippen LogP contribution in [0.2, 0.25) is 0 Å². The average molecular weight is 349 g/mol. The summed E-state index contributed by atoms with van der Waals surface area (Å²) in [5.41, 5.74) is 4.55. The van der Waals surface area contributed by atoms with Gasteiger partial charge in [-0.25, -0.2) is 8.78 Å². The zero-order valence-electron chi connectivity index (χ0n) is 14.3. The second-order valence-electron chi connectivity index (χ2n) is 6.42. The molecule has 1 aliphatic heterocycles. The Morgan fingerprint density at radius 1 is 1.00 bits per heavy atom. The molecule has 1 aromatic heterocycles. The summed E-state index contributed by atoms with van der Waals surface area (Å²) in [5, 5.41) is 7.87. The molecule has 4 rings (SSSR count). The molecule has 130 valence electrons. The van der Waals surface area contributed by atoms with E-state index in [-0.39, 0.29) is 11.6 Å². The highest BCUT2D eigenvalue weighted by molar-refractivity contribution is 5.83. The lowest BCUT2D eigenvalue weighted by atomic mass is 9.92. The summed E-state index contributed by atoms with van der Waals surface area (Å²) in [5.74, 6) is -0.633. The lowest BCUT2D eigenvalue weighted by Crippen LogP contribution is -2.16. The third-order valence-electron chi connectivity index (χ3n) is 4.53. The molecule has 0 aliphatic carbocycles. The summed E-state index contributed by atoms with van der Waals surface area (Å²) in [6.45, 7) is 1.41. The SMILES string of the molecule is CN1CC=C(c2ccc(F)cc2)c2cc(F)c(-c3cccnn3)cc2C1. The van der Waals surface area contributed by atoms with E-state index in [2.05, 4.69) is 21.2 Å². The minimum Gasteiger partial charge on any atom is -0.298 e. The van der Waals surface area contributed by atoms with Crippen molar-refractivity contribution in [1.29, 1.82) is 0 Å². The lowest BCUT2D eigenvalue weighted by Gasteiger charge is -2.16. The van der Waals surface area contributed by atoms with Crippen LogP contribution in [0, 0.1) is 11.6 Å². The van der Waals surface area contributed by atoms with Crippen molar-refractivity contribution >= 4 is 5.57 Å². The summed E-state index contributed by atoms with van der Waals surface area (Å²) in [6, 6.07) is 13.2. The van der Waals surface area contributed by atoms with E-state index in [9.17, 15) is 8.78 Å². The van der Waals surface area contributed by atoms with Crippen molar-refractivity contribution in [1.82, 2.24) is 15.1 Å². The Morgan fingerprint density at radius 3 is 2.54 bits per heavy atom. The smallest absolute Gasteiger partial charge is 0.133 e. The molecule has 5 heteroatoms. The predicted molar refractivity (Wildman–Crippen MR) is 97.2 cm³/mol. The maximum Gasteiger partial charge on any atom is 0.133 e. The average Bonchev–Trinajstić information content (AvgIpc) is 2.81. The van der Waals surface area contributed by atoms with Crippen molar-refractivity contribution in [2.45, 2.75) is 6.54 Å². The molecule has 0 N–H and O–H groups in total. The van der Waals surface area contributed by atoms with Gasteiger partial charge < -0.3 is 0 Å². The molecule has 0 spiro atoms. The molecule has 2 aromatic carbocycles. The van der Waals surface area contributed by atoms with E-state index in [4.69, 9.17) is 0 Å². The van der Waals surface area contributed by atoms with Crippen LogP contribution >= 0.6 is 0 Å². The van der Waals surface area contributed by atoms with Crippen LogP contribution in [0.25, 0.3) is 16.8 Å². The van der Waals surface area contributed by atoms with Crippen LogP contribution in [-0.2, 0) is 6.54 Å². The van der Waals surface area contributed by atoms with Crippen molar-refractivity contribution in [3.05, 3.63) is 89.1 Å². The predicted octanol–water partition coefficient (Wildman–Crippen LogP) is 4.30. The van der Waals surface area contributed by atoms with Crippen molar-refractivity contribution < 1.29 is 8.78 Å². The monoisotopic (exact) mass is 349 g/mol. The summed E-state index contributed by atoms with van der Waals surface area (Å²) in [7, 11) is 2.01. The number of rotatable bonds is 2. The summed E-state index contributed by atoms with van der Waals surface area (Å²) in [6.07, 6.45) is 3.62. The third kappa shape index (κ3) is 3.13.